The third-order valence-corrected chi connectivity index (χ3v) is 3.96. The summed E-state index contributed by atoms with van der Waals surface area (Å²) in [4.78, 5) is 24.2. The van der Waals surface area contributed by atoms with E-state index in [0.29, 0.717) is 19.4 Å². The van der Waals surface area contributed by atoms with Gasteiger partial charge in [-0.2, -0.15) is 0 Å². The van der Waals surface area contributed by atoms with E-state index in [-0.39, 0.29) is 23.0 Å². The highest BCUT2D eigenvalue weighted by atomic mass is 32.2. The van der Waals surface area contributed by atoms with Gasteiger partial charge in [-0.1, -0.05) is 0 Å². The number of rotatable bonds is 4. The molecule has 7 nitrogen and oxygen atoms in total. The third kappa shape index (κ3) is 3.76. The second-order valence-electron chi connectivity index (χ2n) is 4.65. The number of primary sulfonamides is 1. The van der Waals surface area contributed by atoms with Crippen molar-refractivity contribution >= 4 is 27.5 Å². The molecule has 1 aliphatic rings. The van der Waals surface area contributed by atoms with Crippen LogP contribution in [0.2, 0.25) is 0 Å². The van der Waals surface area contributed by atoms with Crippen LogP contribution in [0.4, 0.5) is 10.1 Å². The maximum Gasteiger partial charge on any atom is 0.244 e. The van der Waals surface area contributed by atoms with Crippen LogP contribution >= 0.6 is 0 Å². The zero-order chi connectivity index (χ0) is 15.6. The molecule has 1 saturated heterocycles. The number of halogens is 1. The Hall–Kier alpha value is -2.00. The lowest BCUT2D eigenvalue weighted by Gasteiger charge is -2.15. The number of sulfonamides is 1. The minimum atomic E-state index is -3.99. The van der Waals surface area contributed by atoms with E-state index in [9.17, 15) is 22.4 Å². The number of anilines is 1. The first-order valence-corrected chi connectivity index (χ1v) is 7.72. The molecular formula is C12H14FN3O4S. The molecule has 0 unspecified atom stereocenters. The molecule has 0 radical (unpaired) electrons. The van der Waals surface area contributed by atoms with E-state index in [1.807, 2.05) is 0 Å². The van der Waals surface area contributed by atoms with E-state index >= 15 is 0 Å². The van der Waals surface area contributed by atoms with Gasteiger partial charge in [-0.25, -0.2) is 17.9 Å². The molecule has 3 N–H and O–H groups in total. The minimum Gasteiger partial charge on any atom is -0.333 e. The zero-order valence-corrected chi connectivity index (χ0v) is 11.8. The molecule has 0 spiro atoms. The van der Waals surface area contributed by atoms with Crippen LogP contribution in [0.3, 0.4) is 0 Å². The van der Waals surface area contributed by atoms with Crippen LogP contribution in [-0.2, 0) is 19.6 Å². The van der Waals surface area contributed by atoms with Gasteiger partial charge in [-0.3, -0.25) is 9.59 Å². The first-order valence-electron chi connectivity index (χ1n) is 6.17. The van der Waals surface area contributed by atoms with Gasteiger partial charge in [0.1, 0.15) is 5.82 Å². The maximum atomic E-state index is 13.6. The van der Waals surface area contributed by atoms with Gasteiger partial charge in [0.15, 0.2) is 0 Å². The summed E-state index contributed by atoms with van der Waals surface area (Å²) in [6.45, 7) is 0.282. The molecule has 1 aromatic carbocycles. The van der Waals surface area contributed by atoms with Crippen molar-refractivity contribution in [2.24, 2.45) is 5.14 Å². The predicted octanol–water partition coefficient (Wildman–Crippen LogP) is 0.0340. The summed E-state index contributed by atoms with van der Waals surface area (Å²) in [5, 5.41) is 7.18. The fourth-order valence-corrected chi connectivity index (χ4v) is 2.55. The Balaban J connectivity index is 2.11. The summed E-state index contributed by atoms with van der Waals surface area (Å²) in [6.07, 6.45) is 1.07. The average molecular weight is 315 g/mol. The number of benzene rings is 1. The standard InChI is InChI=1S/C12H14FN3O4S/c13-9-4-3-8(21(14,19)20)6-10(9)15-11(17)7-16-5-1-2-12(16)18/h3-4,6H,1-2,5,7H2,(H,15,17)(H2,14,19,20). The van der Waals surface area contributed by atoms with Crippen LogP contribution in [0.15, 0.2) is 23.1 Å². The number of nitrogens with one attached hydrogen (secondary N) is 1. The van der Waals surface area contributed by atoms with Crippen LogP contribution in [0, 0.1) is 5.82 Å². The first-order chi connectivity index (χ1) is 9.77. The molecule has 0 bridgehead atoms. The first kappa shape index (κ1) is 15.4. The van der Waals surface area contributed by atoms with Crippen LogP contribution < -0.4 is 10.5 Å². The lowest BCUT2D eigenvalue weighted by molar-refractivity contribution is -0.131. The molecule has 1 aromatic rings. The molecule has 0 saturated carbocycles. The molecule has 0 atom stereocenters. The number of hydrogen-bond acceptors (Lipinski definition) is 4. The highest BCUT2D eigenvalue weighted by molar-refractivity contribution is 7.89. The van der Waals surface area contributed by atoms with Crippen LogP contribution in [0.1, 0.15) is 12.8 Å². The number of amides is 2. The molecule has 9 heteroatoms. The highest BCUT2D eigenvalue weighted by Gasteiger charge is 2.23. The van der Waals surface area contributed by atoms with E-state index in [1.54, 1.807) is 0 Å². The monoisotopic (exact) mass is 315 g/mol. The van der Waals surface area contributed by atoms with Gasteiger partial charge in [0.25, 0.3) is 0 Å². The molecule has 1 heterocycles. The van der Waals surface area contributed by atoms with Gasteiger partial charge in [-0.05, 0) is 24.6 Å². The van der Waals surface area contributed by atoms with Gasteiger partial charge in [0.2, 0.25) is 21.8 Å². The Bertz CT molecular complexity index is 690. The van der Waals surface area contributed by atoms with Crippen molar-refractivity contribution in [2.45, 2.75) is 17.7 Å². The molecule has 0 aromatic heterocycles. The summed E-state index contributed by atoms with van der Waals surface area (Å²) in [5.41, 5.74) is -0.293. The quantitative estimate of drug-likeness (QED) is 0.817. The van der Waals surface area contributed by atoms with Crippen LogP contribution in [0.5, 0.6) is 0 Å². The Morgan fingerprint density at radius 1 is 1.43 bits per heavy atom. The van der Waals surface area contributed by atoms with Gasteiger partial charge < -0.3 is 10.2 Å². The van der Waals surface area contributed by atoms with Crippen molar-refractivity contribution in [3.05, 3.63) is 24.0 Å². The Labute approximate surface area is 121 Å². The van der Waals surface area contributed by atoms with Crippen LogP contribution in [0.25, 0.3) is 0 Å². The normalized spacial score (nSPS) is 15.3. The van der Waals surface area contributed by atoms with Crippen molar-refractivity contribution in [1.29, 1.82) is 0 Å². The van der Waals surface area contributed by atoms with E-state index < -0.39 is 21.7 Å². The fraction of sp³-hybridized carbons (Fsp3) is 0.333. The highest BCUT2D eigenvalue weighted by Crippen LogP contribution is 2.19. The Kier molecular flexibility index (Phi) is 4.24. The summed E-state index contributed by atoms with van der Waals surface area (Å²) in [7, 11) is -3.99. The van der Waals surface area contributed by atoms with Crippen molar-refractivity contribution in [1.82, 2.24) is 4.90 Å². The molecule has 21 heavy (non-hydrogen) atoms. The van der Waals surface area contributed by atoms with Crippen molar-refractivity contribution in [2.75, 3.05) is 18.4 Å². The van der Waals surface area contributed by atoms with E-state index in [0.717, 1.165) is 18.2 Å². The predicted molar refractivity (Wildman–Crippen MR) is 72.2 cm³/mol. The Morgan fingerprint density at radius 3 is 2.71 bits per heavy atom. The van der Waals surface area contributed by atoms with Crippen molar-refractivity contribution in [3.8, 4) is 0 Å². The number of nitrogens with two attached hydrogens (primary N) is 1. The maximum absolute atomic E-state index is 13.6. The fourth-order valence-electron chi connectivity index (χ4n) is 2.01. The number of likely N-dealkylation sites (tertiary alicyclic amines) is 1. The largest absolute Gasteiger partial charge is 0.333 e. The number of nitrogens with zero attached hydrogens (tertiary/aromatic N) is 1. The topological polar surface area (TPSA) is 110 Å². The molecule has 2 rings (SSSR count). The molecule has 1 aliphatic heterocycles. The van der Waals surface area contributed by atoms with E-state index in [2.05, 4.69) is 5.32 Å². The number of carbonyl (C=O) groups is 2. The van der Waals surface area contributed by atoms with Crippen molar-refractivity contribution < 1.29 is 22.4 Å². The smallest absolute Gasteiger partial charge is 0.244 e. The number of hydrogen-bond donors (Lipinski definition) is 2. The summed E-state index contributed by atoms with van der Waals surface area (Å²) in [5.74, 6) is -1.52. The average Bonchev–Trinajstić information content (AvgIpc) is 2.76. The van der Waals surface area contributed by atoms with Gasteiger partial charge in [-0.15, -0.1) is 0 Å². The minimum absolute atomic E-state index is 0.135. The third-order valence-electron chi connectivity index (χ3n) is 3.05. The lowest BCUT2D eigenvalue weighted by Crippen LogP contribution is -2.34. The summed E-state index contributed by atoms with van der Waals surface area (Å²) in [6, 6.07) is 2.84. The van der Waals surface area contributed by atoms with Gasteiger partial charge in [0.05, 0.1) is 17.1 Å². The van der Waals surface area contributed by atoms with Gasteiger partial charge in [0, 0.05) is 13.0 Å². The summed E-state index contributed by atoms with van der Waals surface area (Å²) >= 11 is 0. The molecule has 0 aliphatic carbocycles. The van der Waals surface area contributed by atoms with Crippen LogP contribution in [-0.4, -0.2) is 38.2 Å². The second-order valence-corrected chi connectivity index (χ2v) is 6.22. The molecule has 1 fully saturated rings. The van der Waals surface area contributed by atoms with E-state index in [4.69, 9.17) is 5.14 Å². The van der Waals surface area contributed by atoms with E-state index in [1.165, 1.54) is 4.90 Å². The van der Waals surface area contributed by atoms with Crippen molar-refractivity contribution in [3.63, 3.8) is 0 Å². The SMILES string of the molecule is NS(=O)(=O)c1ccc(F)c(NC(=O)CN2CCCC2=O)c1. The number of carbonyl (C=O) groups excluding carboxylic acids is 2. The molecular weight excluding hydrogens is 301 g/mol. The lowest BCUT2D eigenvalue weighted by atomic mass is 10.3. The molecule has 114 valence electrons. The summed E-state index contributed by atoms with van der Waals surface area (Å²) < 4.78 is 36.0. The zero-order valence-electron chi connectivity index (χ0n) is 11.0. The second kappa shape index (κ2) is 5.78. The molecule has 2 amide bonds. The van der Waals surface area contributed by atoms with Gasteiger partial charge >= 0.3 is 0 Å². The Morgan fingerprint density at radius 2 is 2.14 bits per heavy atom.